The number of benzene rings is 12. The summed E-state index contributed by atoms with van der Waals surface area (Å²) in [5.41, 5.74) is 23.9. The molecule has 1 heterocycles. The second kappa shape index (κ2) is 19.4. The highest BCUT2D eigenvalue weighted by atomic mass is 16.3. The van der Waals surface area contributed by atoms with Crippen molar-refractivity contribution < 1.29 is 4.42 Å². The van der Waals surface area contributed by atoms with Crippen LogP contribution in [0.5, 0.6) is 0 Å². The lowest BCUT2D eigenvalue weighted by molar-refractivity contribution is 0.569. The van der Waals surface area contributed by atoms with E-state index < -0.39 is 5.41 Å². The molecule has 0 aliphatic heterocycles. The van der Waals surface area contributed by atoms with E-state index in [1.54, 1.807) is 0 Å². The van der Waals surface area contributed by atoms with Crippen LogP contribution in [0.3, 0.4) is 0 Å². The van der Waals surface area contributed by atoms with E-state index >= 15 is 0 Å². The van der Waals surface area contributed by atoms with Gasteiger partial charge >= 0.3 is 0 Å². The number of nitrogens with zero attached hydrogens (tertiary/aromatic N) is 1. The number of furan rings is 1. The van der Waals surface area contributed by atoms with Crippen molar-refractivity contribution in [2.24, 2.45) is 0 Å². The molecule has 0 saturated heterocycles. The van der Waals surface area contributed by atoms with Crippen LogP contribution in [0, 0.1) is 0 Å². The maximum Gasteiger partial charge on any atom is 0.143 e. The van der Waals surface area contributed by atoms with Crippen molar-refractivity contribution in [3.05, 3.63) is 306 Å². The van der Waals surface area contributed by atoms with E-state index in [9.17, 15) is 0 Å². The fourth-order valence-electron chi connectivity index (χ4n) is 13.0. The fraction of sp³-hybridized carbons (Fsp3) is 0.114. The molecule has 1 aliphatic rings. The van der Waals surface area contributed by atoms with E-state index in [0.29, 0.717) is 0 Å². The molecule has 0 atom stereocenters. The minimum Gasteiger partial charge on any atom is -0.455 e. The highest BCUT2D eigenvalue weighted by Crippen LogP contribution is 2.57. The molecule has 0 bridgehead atoms. The largest absolute Gasteiger partial charge is 0.455 e. The van der Waals surface area contributed by atoms with Crippen molar-refractivity contribution in [2.45, 2.75) is 57.8 Å². The standard InChI is InChI=1S/C79H63NO/c1-77(2,3)58-48-55(49-59(51-58)78(4,5)6)61-34-21-24-53-25-22-35-67(75(53)61)64-31-14-18-39-72(64)80(73-40-19-15-32-65(73)68-36-23-37-69-66-33-16-20-41-74(66)81-76(68)69)60-45-42-52(43-46-60)54-44-47-63-62-30-13-17-38-70(62)79(71(63)50-54,56-26-9-7-10-27-56)57-28-11-8-12-29-57/h7-51H,1-6H3. The summed E-state index contributed by atoms with van der Waals surface area (Å²) in [4.78, 5) is 2.48. The molecule has 0 radical (unpaired) electrons. The summed E-state index contributed by atoms with van der Waals surface area (Å²) < 4.78 is 6.81. The maximum atomic E-state index is 6.81. The van der Waals surface area contributed by atoms with Gasteiger partial charge < -0.3 is 9.32 Å². The van der Waals surface area contributed by atoms with Crippen LogP contribution in [0.4, 0.5) is 17.1 Å². The first kappa shape index (κ1) is 49.8. The first-order chi connectivity index (χ1) is 39.4. The van der Waals surface area contributed by atoms with Gasteiger partial charge in [0.15, 0.2) is 0 Å². The Hall–Kier alpha value is -9.50. The number of hydrogen-bond acceptors (Lipinski definition) is 2. The quantitative estimate of drug-likeness (QED) is 0.143. The molecule has 12 aromatic carbocycles. The van der Waals surface area contributed by atoms with Gasteiger partial charge in [0.2, 0.25) is 0 Å². The van der Waals surface area contributed by atoms with Gasteiger partial charge in [-0.15, -0.1) is 0 Å². The molecule has 0 amide bonds. The van der Waals surface area contributed by atoms with E-state index in [4.69, 9.17) is 4.42 Å². The molecular weight excluding hydrogens is 979 g/mol. The zero-order valence-corrected chi connectivity index (χ0v) is 46.8. The van der Waals surface area contributed by atoms with Crippen molar-refractivity contribution in [1.29, 1.82) is 0 Å². The van der Waals surface area contributed by atoms with Crippen LogP contribution < -0.4 is 4.90 Å². The third kappa shape index (κ3) is 8.31. The Morgan fingerprint density at radius 2 is 0.827 bits per heavy atom. The minimum absolute atomic E-state index is 0.0343. The van der Waals surface area contributed by atoms with Crippen LogP contribution in [0.15, 0.2) is 277 Å². The van der Waals surface area contributed by atoms with Crippen molar-refractivity contribution in [2.75, 3.05) is 4.90 Å². The summed E-state index contributed by atoms with van der Waals surface area (Å²) in [5.74, 6) is 0. The van der Waals surface area contributed by atoms with Gasteiger partial charge in [0, 0.05) is 33.2 Å². The minimum atomic E-state index is -0.497. The Bertz CT molecular complexity index is 4450. The second-order valence-electron chi connectivity index (χ2n) is 24.0. The van der Waals surface area contributed by atoms with Crippen molar-refractivity contribution >= 4 is 49.8 Å². The third-order valence-electron chi connectivity index (χ3n) is 17.1. The lowest BCUT2D eigenvalue weighted by Gasteiger charge is -2.34. The first-order valence-electron chi connectivity index (χ1n) is 28.5. The van der Waals surface area contributed by atoms with Crippen LogP contribution >= 0.6 is 0 Å². The van der Waals surface area contributed by atoms with Gasteiger partial charge in [-0.3, -0.25) is 0 Å². The maximum absolute atomic E-state index is 6.81. The van der Waals surface area contributed by atoms with Crippen LogP contribution in [0.2, 0.25) is 0 Å². The average Bonchev–Trinajstić information content (AvgIpc) is 2.94. The molecule has 2 heteroatoms. The Labute approximate surface area is 476 Å². The van der Waals surface area contributed by atoms with Crippen LogP contribution in [0.1, 0.15) is 74.9 Å². The zero-order valence-electron chi connectivity index (χ0n) is 46.8. The molecule has 81 heavy (non-hydrogen) atoms. The van der Waals surface area contributed by atoms with Gasteiger partial charge in [0.25, 0.3) is 0 Å². The van der Waals surface area contributed by atoms with Crippen LogP contribution in [-0.2, 0) is 16.2 Å². The summed E-state index contributed by atoms with van der Waals surface area (Å²) in [6.45, 7) is 13.9. The molecule has 0 fully saturated rings. The molecule has 2 nitrogen and oxygen atoms in total. The van der Waals surface area contributed by atoms with Gasteiger partial charge in [0.1, 0.15) is 11.2 Å². The van der Waals surface area contributed by atoms with Crippen molar-refractivity contribution in [3.8, 4) is 55.6 Å². The summed E-state index contributed by atoms with van der Waals surface area (Å²) in [7, 11) is 0. The van der Waals surface area contributed by atoms with E-state index in [1.807, 2.05) is 0 Å². The summed E-state index contributed by atoms with van der Waals surface area (Å²) in [6, 6.07) is 101. The molecule has 0 spiro atoms. The average molecular weight is 1040 g/mol. The van der Waals surface area contributed by atoms with E-state index in [-0.39, 0.29) is 10.8 Å². The molecule has 13 aromatic rings. The van der Waals surface area contributed by atoms with E-state index in [0.717, 1.165) is 61.3 Å². The fourth-order valence-corrected chi connectivity index (χ4v) is 13.0. The molecule has 1 aromatic heterocycles. The topological polar surface area (TPSA) is 16.4 Å². The molecule has 390 valence electrons. The lowest BCUT2D eigenvalue weighted by atomic mass is 9.67. The predicted molar refractivity (Wildman–Crippen MR) is 342 cm³/mol. The molecule has 0 saturated carbocycles. The van der Waals surface area contributed by atoms with Crippen LogP contribution in [-0.4, -0.2) is 0 Å². The normalized spacial score (nSPS) is 12.9. The zero-order chi connectivity index (χ0) is 55.0. The van der Waals surface area contributed by atoms with Crippen molar-refractivity contribution in [1.82, 2.24) is 0 Å². The Kier molecular flexibility index (Phi) is 11.9. The predicted octanol–water partition coefficient (Wildman–Crippen LogP) is 21.8. The van der Waals surface area contributed by atoms with Crippen molar-refractivity contribution in [3.63, 3.8) is 0 Å². The third-order valence-corrected chi connectivity index (χ3v) is 17.1. The van der Waals surface area contributed by atoms with Crippen LogP contribution in [0.25, 0.3) is 88.3 Å². The van der Waals surface area contributed by atoms with E-state index in [2.05, 4.69) is 319 Å². The van der Waals surface area contributed by atoms with Gasteiger partial charge in [-0.25, -0.2) is 0 Å². The van der Waals surface area contributed by atoms with Gasteiger partial charge in [-0.05, 0) is 130 Å². The lowest BCUT2D eigenvalue weighted by Crippen LogP contribution is -2.28. The van der Waals surface area contributed by atoms with Gasteiger partial charge in [-0.1, -0.05) is 278 Å². The highest BCUT2D eigenvalue weighted by Gasteiger charge is 2.46. The molecule has 0 unspecified atom stereocenters. The SMILES string of the molecule is CC(C)(C)c1cc(-c2cccc3cccc(-c4ccccc4N(c4ccc(-c5ccc6c(c5)C(c5ccccc5)(c5ccccc5)c5ccccc5-6)cc4)c4ccccc4-c4cccc5c4oc4ccccc45)c23)cc(C(C)(C)C)c1. The number of fused-ring (bicyclic) bond motifs is 7. The molecular formula is C79H63NO. The smallest absolute Gasteiger partial charge is 0.143 e. The Balaban J connectivity index is 0.974. The Morgan fingerprint density at radius 3 is 1.48 bits per heavy atom. The number of para-hydroxylation sites is 4. The number of anilines is 3. The summed E-state index contributed by atoms with van der Waals surface area (Å²) in [6.07, 6.45) is 0. The monoisotopic (exact) mass is 1040 g/mol. The van der Waals surface area contributed by atoms with Gasteiger partial charge in [0.05, 0.1) is 16.8 Å². The number of rotatable bonds is 9. The molecule has 14 rings (SSSR count). The Morgan fingerprint density at radius 1 is 0.333 bits per heavy atom. The summed E-state index contributed by atoms with van der Waals surface area (Å²) in [5, 5.41) is 4.64. The highest BCUT2D eigenvalue weighted by molar-refractivity contribution is 6.12. The molecule has 0 N–H and O–H groups in total. The number of hydrogen-bond donors (Lipinski definition) is 0. The first-order valence-corrected chi connectivity index (χ1v) is 28.5. The summed E-state index contributed by atoms with van der Waals surface area (Å²) >= 11 is 0. The molecule has 1 aliphatic carbocycles. The van der Waals surface area contributed by atoms with E-state index in [1.165, 1.54) is 77.5 Å². The second-order valence-corrected chi connectivity index (χ2v) is 24.0. The van der Waals surface area contributed by atoms with Gasteiger partial charge in [-0.2, -0.15) is 0 Å².